The van der Waals surface area contributed by atoms with Crippen LogP contribution in [0.3, 0.4) is 0 Å². The number of halogens is 1. The highest BCUT2D eigenvalue weighted by atomic mass is 35.5. The van der Waals surface area contributed by atoms with E-state index in [9.17, 15) is 0 Å². The summed E-state index contributed by atoms with van der Waals surface area (Å²) in [5.74, 6) is 0.542. The van der Waals surface area contributed by atoms with E-state index >= 15 is 0 Å². The SMILES string of the molecule is Clc1cc(C2CNCCO2)ccc1C1CCOCC1. The van der Waals surface area contributed by atoms with Crippen molar-refractivity contribution in [3.05, 3.63) is 34.3 Å². The van der Waals surface area contributed by atoms with Gasteiger partial charge in [-0.25, -0.2) is 0 Å². The molecule has 2 aliphatic heterocycles. The van der Waals surface area contributed by atoms with Gasteiger partial charge in [0, 0.05) is 31.3 Å². The molecule has 0 bridgehead atoms. The molecule has 1 atom stereocenters. The molecule has 2 heterocycles. The number of morpholine rings is 1. The van der Waals surface area contributed by atoms with Crippen molar-refractivity contribution in [2.24, 2.45) is 0 Å². The standard InChI is InChI=1S/C15H20ClNO2/c16-14-9-12(15-10-17-5-8-19-15)1-2-13(14)11-3-6-18-7-4-11/h1-2,9,11,15,17H,3-8,10H2. The van der Waals surface area contributed by atoms with E-state index in [0.717, 1.165) is 50.8 Å². The normalized spacial score (nSPS) is 25.4. The van der Waals surface area contributed by atoms with E-state index in [1.54, 1.807) is 0 Å². The zero-order valence-electron chi connectivity index (χ0n) is 11.0. The molecule has 2 fully saturated rings. The van der Waals surface area contributed by atoms with Crippen molar-refractivity contribution < 1.29 is 9.47 Å². The predicted molar refractivity (Wildman–Crippen MR) is 75.8 cm³/mol. The largest absolute Gasteiger partial charge is 0.381 e. The van der Waals surface area contributed by atoms with Crippen molar-refractivity contribution in [1.82, 2.24) is 5.32 Å². The van der Waals surface area contributed by atoms with E-state index in [4.69, 9.17) is 21.1 Å². The second-order valence-corrected chi connectivity index (χ2v) is 5.64. The molecule has 4 heteroatoms. The van der Waals surface area contributed by atoms with Crippen molar-refractivity contribution in [3.8, 4) is 0 Å². The summed E-state index contributed by atoms with van der Waals surface area (Å²) in [5, 5.41) is 4.22. The van der Waals surface area contributed by atoms with Gasteiger partial charge < -0.3 is 14.8 Å². The minimum atomic E-state index is 0.134. The lowest BCUT2D eigenvalue weighted by Crippen LogP contribution is -2.33. The van der Waals surface area contributed by atoms with Crippen LogP contribution in [-0.4, -0.2) is 32.9 Å². The van der Waals surface area contributed by atoms with E-state index in [0.29, 0.717) is 5.92 Å². The van der Waals surface area contributed by atoms with Gasteiger partial charge in [-0.1, -0.05) is 23.7 Å². The number of hydrogen-bond acceptors (Lipinski definition) is 3. The molecular formula is C15H20ClNO2. The molecule has 1 aromatic carbocycles. The molecular weight excluding hydrogens is 262 g/mol. The van der Waals surface area contributed by atoms with Crippen LogP contribution < -0.4 is 5.32 Å². The number of nitrogens with one attached hydrogen (secondary N) is 1. The van der Waals surface area contributed by atoms with E-state index in [2.05, 4.69) is 23.5 Å². The first-order chi connectivity index (χ1) is 9.34. The number of rotatable bonds is 2. The first-order valence-electron chi connectivity index (χ1n) is 7.04. The topological polar surface area (TPSA) is 30.5 Å². The van der Waals surface area contributed by atoms with Crippen LogP contribution in [0.5, 0.6) is 0 Å². The monoisotopic (exact) mass is 281 g/mol. The van der Waals surface area contributed by atoms with Gasteiger partial charge in [-0.2, -0.15) is 0 Å². The Hall–Kier alpha value is -0.610. The maximum atomic E-state index is 6.47. The first kappa shape index (κ1) is 13.4. The second-order valence-electron chi connectivity index (χ2n) is 5.23. The average molecular weight is 282 g/mol. The molecule has 0 radical (unpaired) electrons. The van der Waals surface area contributed by atoms with Gasteiger partial charge in [-0.15, -0.1) is 0 Å². The Bertz CT molecular complexity index is 426. The molecule has 3 rings (SSSR count). The second kappa shape index (κ2) is 6.23. The third kappa shape index (κ3) is 3.11. The molecule has 1 unspecified atom stereocenters. The molecule has 0 amide bonds. The van der Waals surface area contributed by atoms with Crippen LogP contribution >= 0.6 is 11.6 Å². The number of hydrogen-bond donors (Lipinski definition) is 1. The summed E-state index contributed by atoms with van der Waals surface area (Å²) >= 11 is 6.47. The highest BCUT2D eigenvalue weighted by molar-refractivity contribution is 6.31. The van der Waals surface area contributed by atoms with Crippen LogP contribution in [0.15, 0.2) is 18.2 Å². The average Bonchev–Trinajstić information content (AvgIpc) is 2.49. The summed E-state index contributed by atoms with van der Waals surface area (Å²) < 4.78 is 11.2. The molecule has 0 aromatic heterocycles. The van der Waals surface area contributed by atoms with Gasteiger partial charge in [0.15, 0.2) is 0 Å². The molecule has 2 saturated heterocycles. The van der Waals surface area contributed by atoms with Gasteiger partial charge in [-0.3, -0.25) is 0 Å². The Labute approximate surface area is 119 Å². The van der Waals surface area contributed by atoms with Crippen molar-refractivity contribution in [3.63, 3.8) is 0 Å². The quantitative estimate of drug-likeness (QED) is 0.904. The smallest absolute Gasteiger partial charge is 0.0950 e. The van der Waals surface area contributed by atoms with Crippen LogP contribution in [0, 0.1) is 0 Å². The Morgan fingerprint density at radius 1 is 1.16 bits per heavy atom. The van der Waals surface area contributed by atoms with Gasteiger partial charge in [0.25, 0.3) is 0 Å². The highest BCUT2D eigenvalue weighted by Gasteiger charge is 2.21. The third-order valence-corrected chi connectivity index (χ3v) is 4.31. The fraction of sp³-hybridized carbons (Fsp3) is 0.600. The Morgan fingerprint density at radius 2 is 2.00 bits per heavy atom. The highest BCUT2D eigenvalue weighted by Crippen LogP contribution is 2.34. The summed E-state index contributed by atoms with van der Waals surface area (Å²) in [6.45, 7) is 4.26. The van der Waals surface area contributed by atoms with E-state index in [1.807, 2.05) is 0 Å². The van der Waals surface area contributed by atoms with Crippen molar-refractivity contribution in [2.45, 2.75) is 24.9 Å². The minimum Gasteiger partial charge on any atom is -0.381 e. The van der Waals surface area contributed by atoms with Gasteiger partial charge in [0.05, 0.1) is 12.7 Å². The lowest BCUT2D eigenvalue weighted by atomic mass is 9.90. The summed E-state index contributed by atoms with van der Waals surface area (Å²) in [4.78, 5) is 0. The molecule has 0 spiro atoms. The lowest BCUT2D eigenvalue weighted by molar-refractivity contribution is 0.0277. The van der Waals surface area contributed by atoms with E-state index in [1.165, 1.54) is 11.1 Å². The Kier molecular flexibility index (Phi) is 4.38. The van der Waals surface area contributed by atoms with Crippen LogP contribution in [0.1, 0.15) is 36.0 Å². The Balaban J connectivity index is 1.76. The molecule has 0 aliphatic carbocycles. The molecule has 1 aromatic rings. The molecule has 0 saturated carbocycles. The predicted octanol–water partition coefficient (Wildman–Crippen LogP) is 2.89. The summed E-state index contributed by atoms with van der Waals surface area (Å²) in [6, 6.07) is 6.41. The van der Waals surface area contributed by atoms with Crippen LogP contribution in [-0.2, 0) is 9.47 Å². The zero-order chi connectivity index (χ0) is 13.1. The molecule has 104 valence electrons. The minimum absolute atomic E-state index is 0.134. The third-order valence-electron chi connectivity index (χ3n) is 3.99. The lowest BCUT2D eigenvalue weighted by Gasteiger charge is -2.26. The van der Waals surface area contributed by atoms with Crippen LogP contribution in [0.4, 0.5) is 0 Å². The number of benzene rings is 1. The fourth-order valence-electron chi connectivity index (χ4n) is 2.86. The van der Waals surface area contributed by atoms with Crippen LogP contribution in [0.2, 0.25) is 5.02 Å². The maximum Gasteiger partial charge on any atom is 0.0950 e. The van der Waals surface area contributed by atoms with Gasteiger partial charge in [-0.05, 0) is 36.0 Å². The fourth-order valence-corrected chi connectivity index (χ4v) is 3.21. The zero-order valence-corrected chi connectivity index (χ0v) is 11.8. The van der Waals surface area contributed by atoms with Crippen LogP contribution in [0.25, 0.3) is 0 Å². The maximum absolute atomic E-state index is 6.47. The van der Waals surface area contributed by atoms with E-state index in [-0.39, 0.29) is 6.10 Å². The Morgan fingerprint density at radius 3 is 2.68 bits per heavy atom. The molecule has 1 N–H and O–H groups in total. The first-order valence-corrected chi connectivity index (χ1v) is 7.42. The molecule has 19 heavy (non-hydrogen) atoms. The van der Waals surface area contributed by atoms with Crippen molar-refractivity contribution in [1.29, 1.82) is 0 Å². The van der Waals surface area contributed by atoms with Crippen molar-refractivity contribution in [2.75, 3.05) is 32.9 Å². The van der Waals surface area contributed by atoms with Gasteiger partial charge >= 0.3 is 0 Å². The summed E-state index contributed by atoms with van der Waals surface area (Å²) in [7, 11) is 0. The van der Waals surface area contributed by atoms with Crippen molar-refractivity contribution >= 4 is 11.6 Å². The van der Waals surface area contributed by atoms with Gasteiger partial charge in [0.1, 0.15) is 0 Å². The molecule has 2 aliphatic rings. The summed E-state index contributed by atoms with van der Waals surface area (Å²) in [6.07, 6.45) is 2.27. The summed E-state index contributed by atoms with van der Waals surface area (Å²) in [5.41, 5.74) is 2.44. The number of ether oxygens (including phenoxy) is 2. The van der Waals surface area contributed by atoms with Gasteiger partial charge in [0.2, 0.25) is 0 Å². The molecule has 3 nitrogen and oxygen atoms in total. The van der Waals surface area contributed by atoms with E-state index < -0.39 is 0 Å².